The van der Waals surface area contributed by atoms with Crippen molar-refractivity contribution < 1.29 is 4.42 Å². The topological polar surface area (TPSA) is 82.7 Å². The third kappa shape index (κ3) is 5.93. The summed E-state index contributed by atoms with van der Waals surface area (Å²) in [4.78, 5) is 22.5. The fourth-order valence-corrected chi connectivity index (χ4v) is 3.36. The minimum absolute atomic E-state index is 0. The predicted molar refractivity (Wildman–Crippen MR) is 133 cm³/mol. The summed E-state index contributed by atoms with van der Waals surface area (Å²) < 4.78 is 5.66. The zero-order valence-electron chi connectivity index (χ0n) is 17.9. The van der Waals surface area contributed by atoms with E-state index in [-0.39, 0.29) is 24.0 Å². The molecule has 2 aromatic heterocycles. The first-order valence-electron chi connectivity index (χ1n) is 10.3. The fraction of sp³-hybridized carbons (Fsp3) is 0.364. The molecule has 0 unspecified atom stereocenters. The Morgan fingerprint density at radius 3 is 2.48 bits per heavy atom. The third-order valence-corrected chi connectivity index (χ3v) is 4.99. The van der Waals surface area contributed by atoms with Crippen molar-refractivity contribution in [3.05, 3.63) is 60.2 Å². The lowest BCUT2D eigenvalue weighted by atomic mass is 10.1. The van der Waals surface area contributed by atoms with Gasteiger partial charge in [-0.3, -0.25) is 0 Å². The molecule has 0 aliphatic carbocycles. The van der Waals surface area contributed by atoms with Crippen molar-refractivity contribution in [2.24, 2.45) is 4.99 Å². The SMILES string of the molecule is CCNC(=NCc1coc(-c2ccc(C)cc2)n1)N1CCN(c2ncccn2)CC1.I. The van der Waals surface area contributed by atoms with Gasteiger partial charge in [-0.25, -0.2) is 19.9 Å². The molecule has 3 heterocycles. The average molecular weight is 533 g/mol. The molecule has 0 radical (unpaired) electrons. The molecule has 0 atom stereocenters. The highest BCUT2D eigenvalue weighted by atomic mass is 127. The standard InChI is InChI=1S/C22H27N7O.HI/c1-3-23-21(28-11-13-29(14-12-28)22-24-9-4-10-25-22)26-15-19-16-30-20(27-19)18-7-5-17(2)6-8-18;/h4-10,16H,3,11-15H2,1-2H3,(H,23,26);1H. The van der Waals surface area contributed by atoms with Crippen molar-refractivity contribution in [3.8, 4) is 11.5 Å². The number of oxazole rings is 1. The lowest BCUT2D eigenvalue weighted by Crippen LogP contribution is -2.53. The molecule has 1 N–H and O–H groups in total. The Labute approximate surface area is 199 Å². The number of hydrogen-bond donors (Lipinski definition) is 1. The second-order valence-corrected chi connectivity index (χ2v) is 7.20. The van der Waals surface area contributed by atoms with E-state index < -0.39 is 0 Å². The molecule has 4 rings (SSSR count). The van der Waals surface area contributed by atoms with Gasteiger partial charge in [0.2, 0.25) is 11.8 Å². The van der Waals surface area contributed by atoms with Gasteiger partial charge in [0.15, 0.2) is 5.96 Å². The first kappa shape index (κ1) is 23.0. The van der Waals surface area contributed by atoms with E-state index in [1.54, 1.807) is 18.7 Å². The Morgan fingerprint density at radius 2 is 1.81 bits per heavy atom. The molecule has 1 aliphatic rings. The van der Waals surface area contributed by atoms with E-state index in [0.29, 0.717) is 12.4 Å². The van der Waals surface area contributed by atoms with Crippen LogP contribution in [0, 0.1) is 6.92 Å². The molecule has 0 amide bonds. The number of anilines is 1. The lowest BCUT2D eigenvalue weighted by Gasteiger charge is -2.36. The normalized spacial score (nSPS) is 14.3. The number of hydrogen-bond acceptors (Lipinski definition) is 6. The first-order chi connectivity index (χ1) is 14.7. The number of rotatable bonds is 5. The van der Waals surface area contributed by atoms with E-state index in [9.17, 15) is 0 Å². The van der Waals surface area contributed by atoms with Crippen LogP contribution in [-0.4, -0.2) is 58.5 Å². The molecule has 164 valence electrons. The van der Waals surface area contributed by atoms with E-state index in [0.717, 1.165) is 55.9 Å². The molecule has 1 fully saturated rings. The van der Waals surface area contributed by atoms with E-state index in [2.05, 4.69) is 56.0 Å². The maximum absolute atomic E-state index is 5.66. The maximum atomic E-state index is 5.66. The molecular formula is C22H28IN7O. The minimum atomic E-state index is 0. The maximum Gasteiger partial charge on any atom is 0.226 e. The van der Waals surface area contributed by atoms with Crippen LogP contribution in [-0.2, 0) is 6.54 Å². The Balaban J connectivity index is 0.00000272. The smallest absolute Gasteiger partial charge is 0.226 e. The number of halogens is 1. The molecule has 1 aliphatic heterocycles. The van der Waals surface area contributed by atoms with Crippen molar-refractivity contribution >= 4 is 35.9 Å². The van der Waals surface area contributed by atoms with Crippen molar-refractivity contribution in [1.82, 2.24) is 25.2 Å². The Bertz CT molecular complexity index is 967. The Morgan fingerprint density at radius 1 is 1.10 bits per heavy atom. The highest BCUT2D eigenvalue weighted by molar-refractivity contribution is 14.0. The number of aliphatic imine (C=N–C) groups is 1. The third-order valence-electron chi connectivity index (χ3n) is 4.99. The molecule has 1 saturated heterocycles. The summed E-state index contributed by atoms with van der Waals surface area (Å²) in [5.74, 6) is 2.30. The molecule has 8 nitrogen and oxygen atoms in total. The number of nitrogens with zero attached hydrogens (tertiary/aromatic N) is 6. The summed E-state index contributed by atoms with van der Waals surface area (Å²) in [5.41, 5.74) is 3.00. The van der Waals surface area contributed by atoms with Crippen LogP contribution >= 0.6 is 24.0 Å². The van der Waals surface area contributed by atoms with E-state index in [4.69, 9.17) is 9.41 Å². The van der Waals surface area contributed by atoms with Gasteiger partial charge in [0.1, 0.15) is 12.0 Å². The van der Waals surface area contributed by atoms with Crippen molar-refractivity contribution in [2.75, 3.05) is 37.6 Å². The lowest BCUT2D eigenvalue weighted by molar-refractivity contribution is 0.370. The quantitative estimate of drug-likeness (QED) is 0.306. The van der Waals surface area contributed by atoms with Crippen LogP contribution in [0.5, 0.6) is 0 Å². The molecular weight excluding hydrogens is 505 g/mol. The largest absolute Gasteiger partial charge is 0.444 e. The summed E-state index contributed by atoms with van der Waals surface area (Å²) in [5, 5.41) is 3.39. The molecule has 0 bridgehead atoms. The van der Waals surface area contributed by atoms with Crippen LogP contribution in [0.1, 0.15) is 18.2 Å². The molecule has 1 aromatic carbocycles. The van der Waals surface area contributed by atoms with Crippen molar-refractivity contribution in [1.29, 1.82) is 0 Å². The second-order valence-electron chi connectivity index (χ2n) is 7.20. The Kier molecular flexibility index (Phi) is 8.21. The number of nitrogens with one attached hydrogen (secondary N) is 1. The summed E-state index contributed by atoms with van der Waals surface area (Å²) in [6, 6.07) is 9.99. The van der Waals surface area contributed by atoms with Crippen LogP contribution in [0.4, 0.5) is 5.95 Å². The van der Waals surface area contributed by atoms with Crippen molar-refractivity contribution in [3.63, 3.8) is 0 Å². The van der Waals surface area contributed by atoms with Crippen LogP contribution in [0.25, 0.3) is 11.5 Å². The van der Waals surface area contributed by atoms with E-state index in [1.165, 1.54) is 5.56 Å². The second kappa shape index (κ2) is 11.1. The van der Waals surface area contributed by atoms with Crippen LogP contribution in [0.15, 0.2) is 58.4 Å². The zero-order chi connectivity index (χ0) is 20.8. The summed E-state index contributed by atoms with van der Waals surface area (Å²) in [6.45, 7) is 8.86. The van der Waals surface area contributed by atoms with Crippen LogP contribution in [0.2, 0.25) is 0 Å². The van der Waals surface area contributed by atoms with E-state index in [1.807, 2.05) is 18.2 Å². The van der Waals surface area contributed by atoms with Crippen molar-refractivity contribution in [2.45, 2.75) is 20.4 Å². The molecule has 9 heteroatoms. The molecule has 0 saturated carbocycles. The highest BCUT2D eigenvalue weighted by Crippen LogP contribution is 2.19. The molecule has 31 heavy (non-hydrogen) atoms. The average Bonchev–Trinajstić information content (AvgIpc) is 3.27. The number of benzene rings is 1. The summed E-state index contributed by atoms with van der Waals surface area (Å²) in [7, 11) is 0. The van der Waals surface area contributed by atoms with Gasteiger partial charge in [-0.05, 0) is 32.0 Å². The predicted octanol–water partition coefficient (Wildman–Crippen LogP) is 3.35. The van der Waals surface area contributed by atoms with Crippen LogP contribution < -0.4 is 10.2 Å². The van der Waals surface area contributed by atoms with Gasteiger partial charge in [-0.1, -0.05) is 17.7 Å². The number of piperazine rings is 1. The van der Waals surface area contributed by atoms with Gasteiger partial charge in [0.05, 0.1) is 6.54 Å². The van der Waals surface area contributed by atoms with Gasteiger partial charge >= 0.3 is 0 Å². The van der Waals surface area contributed by atoms with E-state index >= 15 is 0 Å². The first-order valence-corrected chi connectivity index (χ1v) is 10.3. The summed E-state index contributed by atoms with van der Waals surface area (Å²) in [6.07, 6.45) is 5.25. The molecule has 0 spiro atoms. The van der Waals surface area contributed by atoms with Gasteiger partial charge in [-0.2, -0.15) is 0 Å². The van der Waals surface area contributed by atoms with Gasteiger partial charge in [-0.15, -0.1) is 24.0 Å². The van der Waals surface area contributed by atoms with Gasteiger partial charge < -0.3 is 19.5 Å². The fourth-order valence-electron chi connectivity index (χ4n) is 3.36. The van der Waals surface area contributed by atoms with Gasteiger partial charge in [0.25, 0.3) is 0 Å². The number of guanidine groups is 1. The highest BCUT2D eigenvalue weighted by Gasteiger charge is 2.21. The zero-order valence-corrected chi connectivity index (χ0v) is 20.2. The number of aromatic nitrogens is 3. The van der Waals surface area contributed by atoms with Gasteiger partial charge in [0, 0.05) is 50.7 Å². The Hall–Kier alpha value is -2.69. The monoisotopic (exact) mass is 533 g/mol. The number of aryl methyl sites for hydroxylation is 1. The van der Waals surface area contributed by atoms with Crippen LogP contribution in [0.3, 0.4) is 0 Å². The summed E-state index contributed by atoms with van der Waals surface area (Å²) >= 11 is 0. The molecule has 3 aromatic rings. The minimum Gasteiger partial charge on any atom is -0.444 e.